The van der Waals surface area contributed by atoms with Crippen LogP contribution >= 0.6 is 0 Å². The summed E-state index contributed by atoms with van der Waals surface area (Å²) in [6.07, 6.45) is -25.0. The molecule has 8 aliphatic rings. The summed E-state index contributed by atoms with van der Waals surface area (Å²) in [5.74, 6) is -1.63. The molecule has 0 amide bonds. The van der Waals surface area contributed by atoms with E-state index in [0.29, 0.717) is 51.4 Å². The normalized spacial score (nSPS) is 54.5. The Labute approximate surface area is 387 Å². The molecular weight excluding hydrogens is 892 g/mol. The van der Waals surface area contributed by atoms with E-state index >= 15 is 0 Å². The zero-order valence-corrected chi connectivity index (χ0v) is 38.1. The van der Waals surface area contributed by atoms with E-state index in [0.717, 1.165) is 12.0 Å². The summed E-state index contributed by atoms with van der Waals surface area (Å²) >= 11 is 0. The molecule has 0 aromatic rings. The minimum atomic E-state index is -1.91. The number of fused-ring (bicyclic) bond motifs is 3. The number of hydrogen-bond donors (Lipinski definition) is 13. The standard InChI is InChI=1S/C45H72O22/c1-18-12-44-10-6-24-42(3,8-5-9-43(24,4)41(59)66-39-34(58)32(56)29(53)22(15-48)62-39)25(44)7-11-45(18,17-44)67-40-36(65-37-27(51)19(2)26(50)20(13-46)60-37)35(30(54)23(16-49)63-40)64-38-33(57)31(55)28(52)21(14-47)61-38/h19-40,46-58H,1,5-17H2,2-4H3/t19-,20+,21+,22+,23+,24-,25-,26-,27+,28+,29+,30+,31-,32-,33+,34+,35-,36+,37-,38-,39?,40-,42+,43+,44+,45-/m0/s1. The molecule has 8 rings (SSSR count). The van der Waals surface area contributed by atoms with Gasteiger partial charge in [0.25, 0.3) is 0 Å². The van der Waals surface area contributed by atoms with Crippen LogP contribution in [0.1, 0.15) is 78.6 Å². The summed E-state index contributed by atoms with van der Waals surface area (Å²) in [6.45, 7) is 7.24. The van der Waals surface area contributed by atoms with Gasteiger partial charge in [0.2, 0.25) is 6.29 Å². The van der Waals surface area contributed by atoms with Gasteiger partial charge in [-0.05, 0) is 86.5 Å². The summed E-state index contributed by atoms with van der Waals surface area (Å²) in [6, 6.07) is 0. The monoisotopic (exact) mass is 964 g/mol. The Morgan fingerprint density at radius 2 is 1.10 bits per heavy atom. The zero-order chi connectivity index (χ0) is 48.7. The number of carbonyl (C=O) groups excluding carboxylic acids is 1. The maximum Gasteiger partial charge on any atom is 0.314 e. The van der Waals surface area contributed by atoms with Gasteiger partial charge in [-0.25, -0.2) is 0 Å². The van der Waals surface area contributed by atoms with Crippen LogP contribution < -0.4 is 0 Å². The van der Waals surface area contributed by atoms with Crippen molar-refractivity contribution in [1.82, 2.24) is 0 Å². The summed E-state index contributed by atoms with van der Waals surface area (Å²) < 4.78 is 48.8. The lowest BCUT2D eigenvalue weighted by Crippen LogP contribution is -2.67. The molecule has 384 valence electrons. The van der Waals surface area contributed by atoms with Gasteiger partial charge in [-0.3, -0.25) is 4.79 Å². The number of carbonyl (C=O) groups is 1. The summed E-state index contributed by atoms with van der Waals surface area (Å²) in [5, 5.41) is 138. The molecule has 22 heteroatoms. The van der Waals surface area contributed by atoms with Crippen LogP contribution in [0.3, 0.4) is 0 Å². The van der Waals surface area contributed by atoms with E-state index in [-0.39, 0.29) is 17.3 Å². The number of rotatable bonds is 12. The van der Waals surface area contributed by atoms with Crippen molar-refractivity contribution in [2.45, 2.75) is 201 Å². The summed E-state index contributed by atoms with van der Waals surface area (Å²) in [5.41, 5.74) is -2.16. The Hall–Kier alpha value is -1.59. The maximum absolute atomic E-state index is 14.3. The van der Waals surface area contributed by atoms with Gasteiger partial charge in [0.1, 0.15) is 85.5 Å². The lowest BCUT2D eigenvalue weighted by atomic mass is 9.41. The molecule has 1 spiro atoms. The van der Waals surface area contributed by atoms with Gasteiger partial charge >= 0.3 is 5.97 Å². The second-order valence-corrected chi connectivity index (χ2v) is 21.2. The smallest absolute Gasteiger partial charge is 0.314 e. The van der Waals surface area contributed by atoms with Gasteiger partial charge < -0.3 is 104 Å². The molecule has 0 aromatic heterocycles. The Bertz CT molecular complexity index is 1760. The van der Waals surface area contributed by atoms with E-state index in [9.17, 15) is 71.2 Å². The van der Waals surface area contributed by atoms with Gasteiger partial charge in [0.15, 0.2) is 18.9 Å². The molecule has 4 saturated heterocycles. The van der Waals surface area contributed by atoms with E-state index in [1.807, 2.05) is 6.92 Å². The predicted octanol–water partition coefficient (Wildman–Crippen LogP) is -3.84. The highest BCUT2D eigenvalue weighted by atomic mass is 16.8. The summed E-state index contributed by atoms with van der Waals surface area (Å²) in [7, 11) is 0. The lowest BCUT2D eigenvalue weighted by molar-refractivity contribution is -0.398. The first-order valence-corrected chi connectivity index (χ1v) is 23.7. The van der Waals surface area contributed by atoms with Crippen molar-refractivity contribution in [2.24, 2.45) is 34.0 Å². The van der Waals surface area contributed by atoms with Crippen molar-refractivity contribution in [2.75, 3.05) is 26.4 Å². The Balaban J connectivity index is 1.06. The number of aliphatic hydroxyl groups excluding tert-OH is 13. The first-order valence-electron chi connectivity index (χ1n) is 23.7. The predicted molar refractivity (Wildman–Crippen MR) is 222 cm³/mol. The highest BCUT2D eigenvalue weighted by Gasteiger charge is 2.70. The van der Waals surface area contributed by atoms with Crippen LogP contribution in [0.25, 0.3) is 0 Å². The van der Waals surface area contributed by atoms with E-state index in [1.54, 1.807) is 0 Å². The van der Waals surface area contributed by atoms with Crippen molar-refractivity contribution < 1.29 is 109 Å². The number of aliphatic hydroxyl groups is 13. The molecule has 67 heavy (non-hydrogen) atoms. The van der Waals surface area contributed by atoms with Crippen molar-refractivity contribution >= 4 is 5.97 Å². The van der Waals surface area contributed by atoms with Crippen LogP contribution in [0, 0.1) is 34.0 Å². The fourth-order valence-electron chi connectivity index (χ4n) is 13.7. The Morgan fingerprint density at radius 1 is 0.597 bits per heavy atom. The first-order chi connectivity index (χ1) is 31.6. The van der Waals surface area contributed by atoms with Gasteiger partial charge in [-0.15, -0.1) is 0 Å². The molecule has 4 heterocycles. The van der Waals surface area contributed by atoms with E-state index in [4.69, 9.17) is 37.9 Å². The van der Waals surface area contributed by atoms with Crippen LogP contribution in [0.2, 0.25) is 0 Å². The molecular formula is C45H72O22. The lowest BCUT2D eigenvalue weighted by Gasteiger charge is -2.64. The Kier molecular flexibility index (Phi) is 15.0. The van der Waals surface area contributed by atoms with E-state index in [1.165, 1.54) is 6.92 Å². The SMILES string of the molecule is C=C1C[C@@]23CC[C@H]4[C@@](C)(CCC[C@@]4(C)C(=O)OC4O[C@H](CO)[C@@H](O)[C@H](O)[C@H]4O)[C@@H]2CC[C@]1(O[C@@H]1O[C@H](CO)[C@@H](O)[C@H](O[C@@H]2O[C@H](CO)[C@@H](O)[C@H](O)[C@H]2O)[C@H]1O[C@@H]1O[C@H](CO)[C@@H](O)[C@H](C)[C@H]1O)C3. The zero-order valence-electron chi connectivity index (χ0n) is 38.1. The molecule has 22 nitrogen and oxygen atoms in total. The molecule has 4 aliphatic heterocycles. The number of ether oxygens (including phenoxy) is 8. The molecule has 0 aromatic carbocycles. The van der Waals surface area contributed by atoms with Crippen LogP contribution in [0.4, 0.5) is 0 Å². The first kappa shape index (κ1) is 51.8. The second-order valence-electron chi connectivity index (χ2n) is 21.2. The van der Waals surface area contributed by atoms with E-state index in [2.05, 4.69) is 13.5 Å². The van der Waals surface area contributed by atoms with Crippen molar-refractivity contribution in [3.8, 4) is 0 Å². The number of esters is 1. The van der Waals surface area contributed by atoms with Crippen LogP contribution in [-0.4, -0.2) is 221 Å². The molecule has 26 atom stereocenters. The van der Waals surface area contributed by atoms with Crippen molar-refractivity contribution in [3.05, 3.63) is 12.2 Å². The van der Waals surface area contributed by atoms with Crippen LogP contribution in [-0.2, 0) is 42.7 Å². The maximum atomic E-state index is 14.3. The third kappa shape index (κ3) is 8.64. The second kappa shape index (κ2) is 19.4. The van der Waals surface area contributed by atoms with Gasteiger partial charge in [-0.2, -0.15) is 0 Å². The average molecular weight is 965 g/mol. The molecule has 8 fully saturated rings. The Morgan fingerprint density at radius 3 is 1.72 bits per heavy atom. The highest BCUT2D eigenvalue weighted by Crippen LogP contribution is 2.74. The van der Waals surface area contributed by atoms with E-state index < -0.39 is 171 Å². The summed E-state index contributed by atoms with van der Waals surface area (Å²) in [4.78, 5) is 14.3. The fraction of sp³-hybridized carbons (Fsp3) is 0.933. The van der Waals surface area contributed by atoms with Gasteiger partial charge in [0.05, 0.1) is 43.5 Å². The van der Waals surface area contributed by atoms with Gasteiger partial charge in [-0.1, -0.05) is 26.8 Å². The molecule has 4 saturated carbocycles. The molecule has 13 N–H and O–H groups in total. The molecule has 1 unspecified atom stereocenters. The minimum absolute atomic E-state index is 0.0529. The topological polar surface area (TPSA) is 354 Å². The van der Waals surface area contributed by atoms with Gasteiger partial charge in [0, 0.05) is 5.92 Å². The fourth-order valence-corrected chi connectivity index (χ4v) is 13.7. The average Bonchev–Trinajstić information content (AvgIpc) is 3.50. The van der Waals surface area contributed by atoms with Crippen LogP contribution in [0.15, 0.2) is 12.2 Å². The third-order valence-corrected chi connectivity index (χ3v) is 17.5. The third-order valence-electron chi connectivity index (χ3n) is 17.5. The highest BCUT2D eigenvalue weighted by molar-refractivity contribution is 5.77. The van der Waals surface area contributed by atoms with Crippen LogP contribution in [0.5, 0.6) is 0 Å². The minimum Gasteiger partial charge on any atom is -0.432 e. The van der Waals surface area contributed by atoms with Crippen molar-refractivity contribution in [1.29, 1.82) is 0 Å². The molecule has 0 radical (unpaired) electrons. The van der Waals surface area contributed by atoms with Crippen molar-refractivity contribution in [3.63, 3.8) is 0 Å². The molecule has 4 aliphatic carbocycles. The number of hydrogen-bond acceptors (Lipinski definition) is 22. The quantitative estimate of drug-likeness (QED) is 0.0506. The molecule has 2 bridgehead atoms. The largest absolute Gasteiger partial charge is 0.432 e.